The highest BCUT2D eigenvalue weighted by atomic mass is 16.6. The van der Waals surface area contributed by atoms with Crippen molar-refractivity contribution in [2.75, 3.05) is 44.9 Å². The largest absolute Gasteiger partial charge is 0.497 e. The van der Waals surface area contributed by atoms with Crippen molar-refractivity contribution in [3.8, 4) is 11.6 Å². The fourth-order valence-corrected chi connectivity index (χ4v) is 3.67. The Kier molecular flexibility index (Phi) is 7.06. The second kappa shape index (κ2) is 10.3. The van der Waals surface area contributed by atoms with E-state index in [1.807, 2.05) is 12.1 Å². The van der Waals surface area contributed by atoms with Crippen LogP contribution in [0.1, 0.15) is 23.2 Å². The van der Waals surface area contributed by atoms with E-state index in [1.165, 1.54) is 4.90 Å². The number of carbonyl (C=O) groups excluding carboxylic acids is 2. The maximum Gasteiger partial charge on any atom is 0.414 e. The second-order valence-corrected chi connectivity index (χ2v) is 7.78. The maximum atomic E-state index is 12.6. The molecule has 170 valence electrons. The molecule has 1 aromatic heterocycles. The summed E-state index contributed by atoms with van der Waals surface area (Å²) in [4.78, 5) is 30.6. The van der Waals surface area contributed by atoms with Gasteiger partial charge in [-0.15, -0.1) is 0 Å². The molecule has 1 atom stereocenters. The van der Waals surface area contributed by atoms with Crippen LogP contribution in [0, 0.1) is 5.92 Å². The van der Waals surface area contributed by atoms with Crippen LogP contribution in [-0.2, 0) is 9.47 Å². The van der Waals surface area contributed by atoms with Crippen LogP contribution in [0.15, 0.2) is 42.6 Å². The molecule has 2 aromatic rings. The van der Waals surface area contributed by atoms with E-state index >= 15 is 0 Å². The van der Waals surface area contributed by atoms with E-state index in [0.717, 1.165) is 26.1 Å². The van der Waals surface area contributed by atoms with Crippen molar-refractivity contribution in [1.29, 1.82) is 0 Å². The third-order valence-corrected chi connectivity index (χ3v) is 5.53. The molecule has 0 unspecified atom stereocenters. The molecule has 0 bridgehead atoms. The number of ether oxygens (including phenoxy) is 4. The zero-order valence-electron chi connectivity index (χ0n) is 18.0. The number of nitrogens with zero attached hydrogens (tertiary/aromatic N) is 2. The first-order valence-electron chi connectivity index (χ1n) is 10.7. The van der Waals surface area contributed by atoms with Crippen LogP contribution in [-0.4, -0.2) is 63.1 Å². The fourth-order valence-electron chi connectivity index (χ4n) is 3.67. The highest BCUT2D eigenvalue weighted by Crippen LogP contribution is 2.25. The van der Waals surface area contributed by atoms with Gasteiger partial charge in [0.25, 0.3) is 5.91 Å². The number of rotatable bonds is 8. The van der Waals surface area contributed by atoms with E-state index < -0.39 is 12.2 Å². The smallest absolute Gasteiger partial charge is 0.414 e. The number of hydrogen-bond acceptors (Lipinski definition) is 7. The average molecular weight is 441 g/mol. The van der Waals surface area contributed by atoms with Crippen molar-refractivity contribution in [2.45, 2.75) is 18.9 Å². The van der Waals surface area contributed by atoms with Crippen molar-refractivity contribution in [2.24, 2.45) is 5.92 Å². The first kappa shape index (κ1) is 21.9. The van der Waals surface area contributed by atoms with Gasteiger partial charge in [0.05, 0.1) is 32.5 Å². The molecular weight excluding hydrogens is 414 g/mol. The quantitative estimate of drug-likeness (QED) is 0.672. The van der Waals surface area contributed by atoms with E-state index in [1.54, 1.807) is 37.6 Å². The molecule has 2 amide bonds. The molecule has 0 saturated carbocycles. The number of methoxy groups -OCH3 is 1. The van der Waals surface area contributed by atoms with Gasteiger partial charge in [-0.05, 0) is 37.0 Å². The highest BCUT2D eigenvalue weighted by Gasteiger charge is 2.32. The molecule has 3 heterocycles. The third-order valence-electron chi connectivity index (χ3n) is 5.53. The zero-order chi connectivity index (χ0) is 22.3. The Balaban J connectivity index is 1.28. The SMILES string of the molecule is COc1cccc(N2C[C@H](CNC(=O)c3ccnc(OCC4CCOCC4)c3)OC2=O)c1. The van der Waals surface area contributed by atoms with E-state index in [4.69, 9.17) is 18.9 Å². The molecule has 2 saturated heterocycles. The third kappa shape index (κ3) is 5.47. The van der Waals surface area contributed by atoms with Gasteiger partial charge in [-0.2, -0.15) is 0 Å². The van der Waals surface area contributed by atoms with Crippen molar-refractivity contribution < 1.29 is 28.5 Å². The highest BCUT2D eigenvalue weighted by molar-refractivity contribution is 5.94. The minimum atomic E-state index is -0.455. The van der Waals surface area contributed by atoms with E-state index in [0.29, 0.717) is 41.9 Å². The molecule has 9 heteroatoms. The molecule has 2 fully saturated rings. The number of hydrogen-bond donors (Lipinski definition) is 1. The topological polar surface area (TPSA) is 99.2 Å². The minimum absolute atomic E-state index is 0.200. The van der Waals surface area contributed by atoms with Gasteiger partial charge < -0.3 is 24.3 Å². The number of nitrogens with one attached hydrogen (secondary N) is 1. The second-order valence-electron chi connectivity index (χ2n) is 7.78. The van der Waals surface area contributed by atoms with Crippen LogP contribution in [0.2, 0.25) is 0 Å². The van der Waals surface area contributed by atoms with Gasteiger partial charge in [0, 0.05) is 37.1 Å². The van der Waals surface area contributed by atoms with Crippen molar-refractivity contribution in [3.63, 3.8) is 0 Å². The van der Waals surface area contributed by atoms with E-state index in [-0.39, 0.29) is 12.5 Å². The monoisotopic (exact) mass is 441 g/mol. The van der Waals surface area contributed by atoms with Gasteiger partial charge in [-0.25, -0.2) is 9.78 Å². The van der Waals surface area contributed by atoms with Crippen molar-refractivity contribution in [3.05, 3.63) is 48.2 Å². The Morgan fingerprint density at radius 2 is 2.09 bits per heavy atom. The summed E-state index contributed by atoms with van der Waals surface area (Å²) < 4.78 is 21.7. The van der Waals surface area contributed by atoms with Crippen molar-refractivity contribution >= 4 is 17.7 Å². The summed E-state index contributed by atoms with van der Waals surface area (Å²) in [5, 5.41) is 2.82. The van der Waals surface area contributed by atoms with Gasteiger partial charge in [0.1, 0.15) is 11.9 Å². The summed E-state index contributed by atoms with van der Waals surface area (Å²) in [5.41, 5.74) is 1.12. The predicted octanol–water partition coefficient (Wildman–Crippen LogP) is 2.65. The standard InChI is InChI=1S/C23H27N3O6/c1-29-19-4-2-3-18(12-19)26-14-20(32-23(26)28)13-25-22(27)17-5-8-24-21(11-17)31-15-16-6-9-30-10-7-16/h2-5,8,11-12,16,20H,6-7,9-10,13-15H2,1H3,(H,25,27)/t20-/m0/s1. The van der Waals surface area contributed by atoms with Crippen LogP contribution >= 0.6 is 0 Å². The minimum Gasteiger partial charge on any atom is -0.497 e. The molecule has 9 nitrogen and oxygen atoms in total. The molecule has 32 heavy (non-hydrogen) atoms. The van der Waals surface area contributed by atoms with Crippen molar-refractivity contribution in [1.82, 2.24) is 10.3 Å². The van der Waals surface area contributed by atoms with Crippen LogP contribution < -0.4 is 19.7 Å². The number of cyclic esters (lactones) is 1. The molecular formula is C23H27N3O6. The molecule has 1 N–H and O–H groups in total. The normalized spacial score (nSPS) is 18.8. The molecule has 2 aliphatic rings. The molecule has 4 rings (SSSR count). The number of benzene rings is 1. The lowest BCUT2D eigenvalue weighted by atomic mass is 10.0. The van der Waals surface area contributed by atoms with Gasteiger partial charge in [0.15, 0.2) is 0 Å². The fraction of sp³-hybridized carbons (Fsp3) is 0.435. The molecule has 0 radical (unpaired) electrons. The lowest BCUT2D eigenvalue weighted by Gasteiger charge is -2.21. The number of aromatic nitrogens is 1. The molecule has 0 aliphatic carbocycles. The summed E-state index contributed by atoms with van der Waals surface area (Å²) in [6.45, 7) is 2.60. The predicted molar refractivity (Wildman–Crippen MR) is 116 cm³/mol. The number of pyridine rings is 1. The first-order valence-corrected chi connectivity index (χ1v) is 10.7. The Labute approximate surface area is 186 Å². The van der Waals surface area contributed by atoms with Crippen LogP contribution in [0.3, 0.4) is 0 Å². The van der Waals surface area contributed by atoms with Crippen LogP contribution in [0.5, 0.6) is 11.6 Å². The van der Waals surface area contributed by atoms with Gasteiger partial charge in [0.2, 0.25) is 5.88 Å². The van der Waals surface area contributed by atoms with Gasteiger partial charge >= 0.3 is 6.09 Å². The molecule has 1 aromatic carbocycles. The summed E-state index contributed by atoms with van der Waals surface area (Å²) in [7, 11) is 1.57. The van der Waals surface area contributed by atoms with E-state index in [2.05, 4.69) is 10.3 Å². The molecule has 0 spiro atoms. The van der Waals surface area contributed by atoms with E-state index in [9.17, 15) is 9.59 Å². The summed E-state index contributed by atoms with van der Waals surface area (Å²) >= 11 is 0. The number of anilines is 1. The van der Waals surface area contributed by atoms with Gasteiger partial charge in [-0.1, -0.05) is 6.07 Å². The summed E-state index contributed by atoms with van der Waals surface area (Å²) in [6, 6.07) is 10.4. The zero-order valence-corrected chi connectivity index (χ0v) is 18.0. The summed E-state index contributed by atoms with van der Waals surface area (Å²) in [5.74, 6) is 1.23. The maximum absolute atomic E-state index is 12.6. The number of amides is 2. The Bertz CT molecular complexity index is 947. The Morgan fingerprint density at radius 3 is 2.91 bits per heavy atom. The van der Waals surface area contributed by atoms with Crippen LogP contribution in [0.25, 0.3) is 0 Å². The Hall–Kier alpha value is -3.33. The molecule has 2 aliphatic heterocycles. The first-order chi connectivity index (χ1) is 15.6. The number of carbonyl (C=O) groups is 2. The lowest BCUT2D eigenvalue weighted by molar-refractivity contribution is 0.0490. The summed E-state index contributed by atoms with van der Waals surface area (Å²) in [6.07, 6.45) is 2.57. The average Bonchev–Trinajstić information content (AvgIpc) is 3.22. The van der Waals surface area contributed by atoms with Crippen LogP contribution in [0.4, 0.5) is 10.5 Å². The van der Waals surface area contributed by atoms with Gasteiger partial charge in [-0.3, -0.25) is 9.69 Å². The lowest BCUT2D eigenvalue weighted by Crippen LogP contribution is -2.34. The Morgan fingerprint density at radius 1 is 1.25 bits per heavy atom.